The van der Waals surface area contributed by atoms with Gasteiger partial charge in [0.2, 0.25) is 0 Å². The summed E-state index contributed by atoms with van der Waals surface area (Å²) in [4.78, 5) is 14.4. The van der Waals surface area contributed by atoms with Crippen LogP contribution < -0.4 is 9.75 Å². The third kappa shape index (κ3) is 3.96. The second-order valence-corrected chi connectivity index (χ2v) is 7.34. The van der Waals surface area contributed by atoms with E-state index in [2.05, 4.69) is 17.2 Å². The van der Waals surface area contributed by atoms with E-state index in [1.165, 1.54) is 9.90 Å². The second-order valence-electron chi connectivity index (χ2n) is 6.46. The number of thioether (sulfide) groups is 1. The molecule has 3 aromatic rings. The molecule has 0 saturated carbocycles. The zero-order valence-corrected chi connectivity index (χ0v) is 17.0. The maximum atomic E-state index is 13.3. The van der Waals surface area contributed by atoms with E-state index in [9.17, 15) is 4.79 Å². The van der Waals surface area contributed by atoms with Crippen LogP contribution in [0.2, 0.25) is 0 Å². The number of hydrogen-bond acceptors (Lipinski definition) is 4. The lowest BCUT2D eigenvalue weighted by atomic mass is 10.00. The first-order valence-electron chi connectivity index (χ1n) is 9.18. The van der Waals surface area contributed by atoms with Crippen molar-refractivity contribution in [2.45, 2.75) is 4.90 Å². The Morgan fingerprint density at radius 2 is 1.62 bits per heavy atom. The molecule has 0 bridgehead atoms. The maximum absolute atomic E-state index is 13.3. The van der Waals surface area contributed by atoms with Crippen LogP contribution in [0.25, 0.3) is 6.08 Å². The Hall–Kier alpha value is -3.31. The molecule has 0 radical (unpaired) electrons. The number of carbonyl (C=O) groups is 1. The Kier molecular flexibility index (Phi) is 5.49. The van der Waals surface area contributed by atoms with Gasteiger partial charge < -0.3 is 4.74 Å². The number of rotatable bonds is 5. The lowest BCUT2D eigenvalue weighted by Crippen LogP contribution is -2.21. The minimum Gasteiger partial charge on any atom is -0.497 e. The molecule has 0 spiro atoms. The van der Waals surface area contributed by atoms with Crippen molar-refractivity contribution < 1.29 is 9.53 Å². The molecular formula is C24H20N2O2S. The fourth-order valence-electron chi connectivity index (χ4n) is 3.12. The number of para-hydroxylation sites is 1. The Morgan fingerprint density at radius 1 is 0.931 bits per heavy atom. The number of hydrogen-bond donors (Lipinski definition) is 0. The monoisotopic (exact) mass is 400 g/mol. The van der Waals surface area contributed by atoms with E-state index in [0.29, 0.717) is 11.3 Å². The van der Waals surface area contributed by atoms with Crippen LogP contribution >= 0.6 is 11.8 Å². The molecule has 1 heterocycles. The van der Waals surface area contributed by atoms with Gasteiger partial charge in [-0.1, -0.05) is 30.3 Å². The molecule has 0 fully saturated rings. The van der Waals surface area contributed by atoms with Crippen LogP contribution in [-0.2, 0) is 4.79 Å². The molecule has 4 rings (SSSR count). The molecule has 144 valence electrons. The Morgan fingerprint density at radius 3 is 2.24 bits per heavy atom. The Labute approximate surface area is 174 Å². The molecular weight excluding hydrogens is 380 g/mol. The molecule has 0 atom stereocenters. The van der Waals surface area contributed by atoms with Gasteiger partial charge in [0, 0.05) is 10.5 Å². The lowest BCUT2D eigenvalue weighted by Gasteiger charge is -2.10. The number of benzene rings is 3. The average molecular weight is 401 g/mol. The summed E-state index contributed by atoms with van der Waals surface area (Å²) in [5.74, 6) is 0.618. The highest BCUT2D eigenvalue weighted by molar-refractivity contribution is 7.98. The largest absolute Gasteiger partial charge is 0.497 e. The van der Waals surface area contributed by atoms with E-state index in [1.54, 1.807) is 18.9 Å². The van der Waals surface area contributed by atoms with Gasteiger partial charge in [0.1, 0.15) is 11.5 Å². The van der Waals surface area contributed by atoms with Crippen LogP contribution in [0.1, 0.15) is 11.1 Å². The normalized spacial score (nSPS) is 15.0. The number of carbonyl (C=O) groups excluding carboxylic acids is 1. The van der Waals surface area contributed by atoms with E-state index >= 15 is 0 Å². The third-order valence-corrected chi connectivity index (χ3v) is 5.41. The van der Waals surface area contributed by atoms with E-state index in [1.807, 2.05) is 79.1 Å². The van der Waals surface area contributed by atoms with Crippen molar-refractivity contribution in [3.63, 3.8) is 0 Å². The van der Waals surface area contributed by atoms with Crippen molar-refractivity contribution in [3.8, 4) is 5.75 Å². The van der Waals surface area contributed by atoms with E-state index in [0.717, 1.165) is 22.6 Å². The Balaban J connectivity index is 1.78. The third-order valence-electron chi connectivity index (χ3n) is 4.67. The van der Waals surface area contributed by atoms with Crippen molar-refractivity contribution in [1.82, 2.24) is 0 Å². The molecule has 1 aliphatic rings. The SMILES string of the molecule is COc1ccc(C2=NN(c3ccccc3)C(=O)/C2=C\c2ccc(SC)cc2)cc1. The molecule has 0 aliphatic carbocycles. The van der Waals surface area contributed by atoms with Crippen molar-refractivity contribution >= 4 is 35.1 Å². The van der Waals surface area contributed by atoms with Crippen LogP contribution in [0.3, 0.4) is 0 Å². The molecule has 29 heavy (non-hydrogen) atoms. The molecule has 0 aromatic heterocycles. The first-order chi connectivity index (χ1) is 14.2. The average Bonchev–Trinajstić information content (AvgIpc) is 3.11. The standard InChI is InChI=1S/C24H20N2O2S/c1-28-20-12-10-18(11-13-20)23-22(16-17-8-14-21(29-2)15-9-17)24(27)26(25-23)19-6-4-3-5-7-19/h3-16H,1-2H3/b22-16-. The molecule has 1 aliphatic heterocycles. The summed E-state index contributed by atoms with van der Waals surface area (Å²) in [5.41, 5.74) is 3.78. The number of nitrogens with zero attached hydrogens (tertiary/aromatic N) is 2. The quantitative estimate of drug-likeness (QED) is 0.434. The zero-order valence-electron chi connectivity index (χ0n) is 16.2. The summed E-state index contributed by atoms with van der Waals surface area (Å²) in [5, 5.41) is 6.12. The molecule has 4 nitrogen and oxygen atoms in total. The van der Waals surface area contributed by atoms with Gasteiger partial charge in [-0.25, -0.2) is 0 Å². The number of anilines is 1. The fraction of sp³-hybridized carbons (Fsp3) is 0.0833. The van der Waals surface area contributed by atoms with Crippen molar-refractivity contribution in [1.29, 1.82) is 0 Å². The van der Waals surface area contributed by atoms with Crippen LogP contribution in [0, 0.1) is 0 Å². The second kappa shape index (κ2) is 8.37. The number of amides is 1. The van der Waals surface area contributed by atoms with Gasteiger partial charge in [0.05, 0.1) is 18.4 Å². The summed E-state index contributed by atoms with van der Waals surface area (Å²) in [6.07, 6.45) is 3.94. The summed E-state index contributed by atoms with van der Waals surface area (Å²) < 4.78 is 5.25. The summed E-state index contributed by atoms with van der Waals surface area (Å²) in [6, 6.07) is 25.2. The molecule has 0 saturated heterocycles. The number of methoxy groups -OCH3 is 1. The number of hydrazone groups is 1. The summed E-state index contributed by atoms with van der Waals surface area (Å²) in [7, 11) is 1.63. The molecule has 1 amide bonds. The highest BCUT2D eigenvalue weighted by atomic mass is 32.2. The molecule has 0 N–H and O–H groups in total. The van der Waals surface area contributed by atoms with Gasteiger partial charge >= 0.3 is 0 Å². The minimum atomic E-state index is -0.143. The smallest absolute Gasteiger partial charge is 0.281 e. The van der Waals surface area contributed by atoms with Gasteiger partial charge in [-0.2, -0.15) is 10.1 Å². The predicted octanol–water partition coefficient (Wildman–Crippen LogP) is 5.25. The summed E-state index contributed by atoms with van der Waals surface area (Å²) >= 11 is 1.69. The van der Waals surface area contributed by atoms with Gasteiger partial charge in [-0.15, -0.1) is 11.8 Å². The van der Waals surface area contributed by atoms with E-state index < -0.39 is 0 Å². The van der Waals surface area contributed by atoms with Crippen LogP contribution in [0.4, 0.5) is 5.69 Å². The van der Waals surface area contributed by atoms with E-state index in [-0.39, 0.29) is 5.91 Å². The first-order valence-corrected chi connectivity index (χ1v) is 10.4. The Bertz CT molecular complexity index is 1070. The van der Waals surface area contributed by atoms with E-state index in [4.69, 9.17) is 4.74 Å². The predicted molar refractivity (Wildman–Crippen MR) is 120 cm³/mol. The molecule has 3 aromatic carbocycles. The van der Waals surface area contributed by atoms with Crippen LogP contribution in [0.5, 0.6) is 5.75 Å². The van der Waals surface area contributed by atoms with Gasteiger partial charge in [-0.05, 0) is 66.4 Å². The topological polar surface area (TPSA) is 41.9 Å². The minimum absolute atomic E-state index is 0.143. The van der Waals surface area contributed by atoms with Crippen LogP contribution in [0.15, 0.2) is 94.4 Å². The summed E-state index contributed by atoms with van der Waals surface area (Å²) in [6.45, 7) is 0. The van der Waals surface area contributed by atoms with Crippen molar-refractivity contribution in [2.75, 3.05) is 18.4 Å². The van der Waals surface area contributed by atoms with Gasteiger partial charge in [0.15, 0.2) is 0 Å². The highest BCUT2D eigenvalue weighted by Crippen LogP contribution is 2.28. The van der Waals surface area contributed by atoms with Crippen molar-refractivity contribution in [2.24, 2.45) is 5.10 Å². The highest BCUT2D eigenvalue weighted by Gasteiger charge is 2.32. The van der Waals surface area contributed by atoms with Gasteiger partial charge in [-0.3, -0.25) is 4.79 Å². The maximum Gasteiger partial charge on any atom is 0.281 e. The zero-order chi connectivity index (χ0) is 20.2. The lowest BCUT2D eigenvalue weighted by molar-refractivity contribution is -0.114. The fourth-order valence-corrected chi connectivity index (χ4v) is 3.53. The first kappa shape index (κ1) is 19.0. The number of ether oxygens (including phenoxy) is 1. The molecule has 0 unspecified atom stereocenters. The van der Waals surface area contributed by atoms with Crippen molar-refractivity contribution in [3.05, 3.63) is 95.6 Å². The van der Waals surface area contributed by atoms with Crippen LogP contribution in [-0.4, -0.2) is 25.0 Å². The van der Waals surface area contributed by atoms with Gasteiger partial charge in [0.25, 0.3) is 5.91 Å². The molecule has 5 heteroatoms.